The van der Waals surface area contributed by atoms with Crippen molar-refractivity contribution < 1.29 is 0 Å². The highest BCUT2D eigenvalue weighted by Gasteiger charge is 2.20. The van der Waals surface area contributed by atoms with Gasteiger partial charge in [-0.3, -0.25) is 0 Å². The summed E-state index contributed by atoms with van der Waals surface area (Å²) in [7, 11) is 0. The van der Waals surface area contributed by atoms with E-state index < -0.39 is 0 Å². The van der Waals surface area contributed by atoms with Gasteiger partial charge >= 0.3 is 0 Å². The molecule has 0 radical (unpaired) electrons. The summed E-state index contributed by atoms with van der Waals surface area (Å²) in [5.74, 6) is 1.74. The van der Waals surface area contributed by atoms with Crippen molar-refractivity contribution in [1.82, 2.24) is 19.7 Å². The SMILES string of the molecule is CCCC1CCC(Nc2ccc(-n3cncn3)nc2)CC1. The first kappa shape index (κ1) is 14.0. The van der Waals surface area contributed by atoms with E-state index in [9.17, 15) is 0 Å². The molecular formula is C16H23N5. The average molecular weight is 285 g/mol. The standard InChI is InChI=1S/C16H23N5/c1-2-3-13-4-6-14(7-5-13)20-15-8-9-16(18-10-15)21-12-17-11-19-21/h8-14,20H,2-7H2,1H3. The molecule has 1 saturated carbocycles. The van der Waals surface area contributed by atoms with E-state index in [0.29, 0.717) is 6.04 Å². The van der Waals surface area contributed by atoms with Gasteiger partial charge < -0.3 is 5.32 Å². The Morgan fingerprint density at radius 1 is 1.24 bits per heavy atom. The van der Waals surface area contributed by atoms with Crippen molar-refractivity contribution in [3.05, 3.63) is 31.0 Å². The Kier molecular flexibility index (Phi) is 4.48. The number of hydrogen-bond donors (Lipinski definition) is 1. The van der Waals surface area contributed by atoms with Crippen LogP contribution in [0.25, 0.3) is 5.82 Å². The van der Waals surface area contributed by atoms with Crippen molar-refractivity contribution in [1.29, 1.82) is 0 Å². The molecule has 5 heteroatoms. The van der Waals surface area contributed by atoms with Crippen LogP contribution in [0.4, 0.5) is 5.69 Å². The Hall–Kier alpha value is -1.91. The van der Waals surface area contributed by atoms with Gasteiger partial charge in [0.25, 0.3) is 0 Å². The van der Waals surface area contributed by atoms with Gasteiger partial charge in [0.15, 0.2) is 5.82 Å². The lowest BCUT2D eigenvalue weighted by atomic mass is 9.83. The van der Waals surface area contributed by atoms with Gasteiger partial charge in [0, 0.05) is 6.04 Å². The highest BCUT2D eigenvalue weighted by molar-refractivity contribution is 5.44. The van der Waals surface area contributed by atoms with E-state index in [2.05, 4.69) is 33.4 Å². The molecule has 2 aromatic heterocycles. The van der Waals surface area contributed by atoms with Crippen LogP contribution < -0.4 is 5.32 Å². The summed E-state index contributed by atoms with van der Waals surface area (Å²) in [5, 5.41) is 7.69. The van der Waals surface area contributed by atoms with Crippen LogP contribution in [0.3, 0.4) is 0 Å². The van der Waals surface area contributed by atoms with Gasteiger partial charge in [-0.05, 0) is 43.7 Å². The summed E-state index contributed by atoms with van der Waals surface area (Å²) in [4.78, 5) is 8.36. The second kappa shape index (κ2) is 6.70. The summed E-state index contributed by atoms with van der Waals surface area (Å²) < 4.78 is 1.67. The van der Waals surface area contributed by atoms with E-state index in [1.807, 2.05) is 12.3 Å². The van der Waals surface area contributed by atoms with Crippen LogP contribution in [0, 0.1) is 5.92 Å². The van der Waals surface area contributed by atoms with Crippen molar-refractivity contribution in [2.24, 2.45) is 5.92 Å². The Labute approximate surface area is 125 Å². The van der Waals surface area contributed by atoms with Crippen LogP contribution >= 0.6 is 0 Å². The van der Waals surface area contributed by atoms with E-state index in [1.165, 1.54) is 44.9 Å². The van der Waals surface area contributed by atoms with Crippen molar-refractivity contribution in [2.45, 2.75) is 51.5 Å². The first-order valence-corrected chi connectivity index (χ1v) is 7.92. The monoisotopic (exact) mass is 285 g/mol. The van der Waals surface area contributed by atoms with E-state index in [0.717, 1.165) is 17.4 Å². The summed E-state index contributed by atoms with van der Waals surface area (Å²) >= 11 is 0. The molecule has 0 spiro atoms. The second-order valence-electron chi connectivity index (χ2n) is 5.90. The Morgan fingerprint density at radius 3 is 2.71 bits per heavy atom. The Morgan fingerprint density at radius 2 is 2.10 bits per heavy atom. The molecule has 1 aliphatic rings. The molecule has 5 nitrogen and oxygen atoms in total. The zero-order valence-corrected chi connectivity index (χ0v) is 12.6. The molecule has 0 amide bonds. The van der Waals surface area contributed by atoms with Crippen molar-refractivity contribution in [3.8, 4) is 5.82 Å². The van der Waals surface area contributed by atoms with Gasteiger partial charge in [-0.1, -0.05) is 19.8 Å². The molecule has 0 bridgehead atoms. The van der Waals surface area contributed by atoms with Gasteiger partial charge in [0.1, 0.15) is 12.7 Å². The van der Waals surface area contributed by atoms with E-state index in [1.54, 1.807) is 11.0 Å². The summed E-state index contributed by atoms with van der Waals surface area (Å²) in [6.45, 7) is 2.28. The smallest absolute Gasteiger partial charge is 0.155 e. The first-order chi connectivity index (χ1) is 10.3. The number of pyridine rings is 1. The maximum absolute atomic E-state index is 4.43. The van der Waals surface area contributed by atoms with Crippen molar-refractivity contribution in [2.75, 3.05) is 5.32 Å². The predicted molar refractivity (Wildman–Crippen MR) is 83.4 cm³/mol. The maximum atomic E-state index is 4.43. The van der Waals surface area contributed by atoms with Crippen LogP contribution in [0.1, 0.15) is 45.4 Å². The minimum Gasteiger partial charge on any atom is -0.381 e. The fourth-order valence-electron chi connectivity index (χ4n) is 3.17. The van der Waals surface area contributed by atoms with Crippen LogP contribution in [-0.2, 0) is 0 Å². The quantitative estimate of drug-likeness (QED) is 0.914. The average Bonchev–Trinajstić information content (AvgIpc) is 3.05. The third-order valence-electron chi connectivity index (χ3n) is 4.32. The molecule has 3 rings (SSSR count). The molecule has 0 aliphatic heterocycles. The molecule has 1 fully saturated rings. The van der Waals surface area contributed by atoms with Gasteiger partial charge in [0.2, 0.25) is 0 Å². The lowest BCUT2D eigenvalue weighted by Crippen LogP contribution is -2.26. The molecular weight excluding hydrogens is 262 g/mol. The number of rotatable bonds is 5. The zero-order chi connectivity index (χ0) is 14.5. The normalized spacial score (nSPS) is 22.1. The lowest BCUT2D eigenvalue weighted by Gasteiger charge is -2.29. The van der Waals surface area contributed by atoms with Crippen LogP contribution in [0.5, 0.6) is 0 Å². The molecule has 1 aliphatic carbocycles. The molecule has 0 atom stereocenters. The van der Waals surface area contributed by atoms with E-state index >= 15 is 0 Å². The summed E-state index contributed by atoms with van der Waals surface area (Å²) in [6, 6.07) is 4.64. The van der Waals surface area contributed by atoms with Crippen molar-refractivity contribution in [3.63, 3.8) is 0 Å². The highest BCUT2D eigenvalue weighted by atomic mass is 15.3. The molecule has 21 heavy (non-hydrogen) atoms. The summed E-state index contributed by atoms with van der Waals surface area (Å²) in [5.41, 5.74) is 1.10. The fourth-order valence-corrected chi connectivity index (χ4v) is 3.17. The predicted octanol–water partition coefficient (Wildman–Crippen LogP) is 3.43. The largest absolute Gasteiger partial charge is 0.381 e. The molecule has 0 aromatic carbocycles. The number of hydrogen-bond acceptors (Lipinski definition) is 4. The molecule has 2 aromatic rings. The number of anilines is 1. The molecule has 2 heterocycles. The number of nitrogens with zero attached hydrogens (tertiary/aromatic N) is 4. The van der Waals surface area contributed by atoms with Gasteiger partial charge in [-0.25, -0.2) is 14.6 Å². The minimum atomic E-state index is 0.595. The fraction of sp³-hybridized carbons (Fsp3) is 0.562. The van der Waals surface area contributed by atoms with E-state index in [4.69, 9.17) is 0 Å². The van der Waals surface area contributed by atoms with Crippen LogP contribution in [0.2, 0.25) is 0 Å². The molecule has 0 unspecified atom stereocenters. The third-order valence-corrected chi connectivity index (χ3v) is 4.32. The molecule has 0 saturated heterocycles. The third kappa shape index (κ3) is 3.60. The highest BCUT2D eigenvalue weighted by Crippen LogP contribution is 2.29. The Balaban J connectivity index is 1.54. The minimum absolute atomic E-state index is 0.595. The lowest BCUT2D eigenvalue weighted by molar-refractivity contribution is 0.319. The Bertz CT molecular complexity index is 526. The molecule has 1 N–H and O–H groups in total. The zero-order valence-electron chi connectivity index (χ0n) is 12.6. The number of nitrogens with one attached hydrogen (secondary N) is 1. The number of aromatic nitrogens is 4. The topological polar surface area (TPSA) is 55.6 Å². The van der Waals surface area contributed by atoms with Crippen LogP contribution in [0.15, 0.2) is 31.0 Å². The van der Waals surface area contributed by atoms with Crippen LogP contribution in [-0.4, -0.2) is 25.8 Å². The summed E-state index contributed by atoms with van der Waals surface area (Å²) in [6.07, 6.45) is 13.0. The van der Waals surface area contributed by atoms with Gasteiger partial charge in [-0.2, -0.15) is 5.10 Å². The van der Waals surface area contributed by atoms with Gasteiger partial charge in [-0.15, -0.1) is 0 Å². The van der Waals surface area contributed by atoms with E-state index in [-0.39, 0.29) is 0 Å². The first-order valence-electron chi connectivity index (χ1n) is 7.92. The maximum Gasteiger partial charge on any atom is 0.155 e. The van der Waals surface area contributed by atoms with Crippen molar-refractivity contribution >= 4 is 5.69 Å². The van der Waals surface area contributed by atoms with Gasteiger partial charge in [0.05, 0.1) is 11.9 Å². The second-order valence-corrected chi connectivity index (χ2v) is 5.90. The molecule has 112 valence electrons.